The van der Waals surface area contributed by atoms with Gasteiger partial charge in [-0.15, -0.1) is 0 Å². The minimum absolute atomic E-state index is 0.403. The van der Waals surface area contributed by atoms with Crippen molar-refractivity contribution in [3.8, 4) is 5.75 Å². The zero-order chi connectivity index (χ0) is 13.2. The van der Waals surface area contributed by atoms with Gasteiger partial charge in [0, 0.05) is 6.20 Å². The smallest absolute Gasteiger partial charge is 0.421 e. The second kappa shape index (κ2) is 4.61. The van der Waals surface area contributed by atoms with Crippen molar-refractivity contribution in [2.24, 2.45) is 0 Å². The lowest BCUT2D eigenvalue weighted by Crippen LogP contribution is -2.15. The maximum atomic E-state index is 11.8. The van der Waals surface area contributed by atoms with Crippen molar-refractivity contribution in [1.29, 1.82) is 0 Å². The Morgan fingerprint density at radius 3 is 3.05 bits per heavy atom. The molecule has 19 heavy (non-hydrogen) atoms. The fourth-order valence-corrected chi connectivity index (χ4v) is 1.99. The van der Waals surface area contributed by atoms with Crippen LogP contribution < -0.4 is 10.5 Å². The molecule has 0 aliphatic rings. The Bertz CT molecular complexity index is 773. The van der Waals surface area contributed by atoms with Crippen LogP contribution in [0, 0.1) is 0 Å². The lowest BCUT2D eigenvalue weighted by molar-refractivity contribution is 0.414. The molecular weight excluding hydrogens is 244 g/mol. The fourth-order valence-electron chi connectivity index (χ4n) is 1.99. The van der Waals surface area contributed by atoms with Crippen molar-refractivity contribution < 1.29 is 9.15 Å². The Morgan fingerprint density at radius 1 is 1.32 bits per heavy atom. The molecule has 5 heteroatoms. The minimum Gasteiger partial charge on any atom is -0.497 e. The van der Waals surface area contributed by atoms with Gasteiger partial charge in [-0.25, -0.2) is 9.78 Å². The van der Waals surface area contributed by atoms with Gasteiger partial charge in [0.05, 0.1) is 13.7 Å². The van der Waals surface area contributed by atoms with Crippen LogP contribution in [-0.2, 0) is 6.54 Å². The molecule has 0 amide bonds. The van der Waals surface area contributed by atoms with Crippen LogP contribution in [-0.4, -0.2) is 16.7 Å². The van der Waals surface area contributed by atoms with E-state index in [4.69, 9.17) is 9.15 Å². The molecule has 0 radical (unpaired) electrons. The molecule has 0 saturated heterocycles. The van der Waals surface area contributed by atoms with E-state index in [0.29, 0.717) is 17.8 Å². The van der Waals surface area contributed by atoms with Gasteiger partial charge < -0.3 is 9.15 Å². The maximum absolute atomic E-state index is 11.8. The average Bonchev–Trinajstić information content (AvgIpc) is 2.76. The number of rotatable bonds is 3. The normalized spacial score (nSPS) is 10.8. The summed E-state index contributed by atoms with van der Waals surface area (Å²) in [6, 6.07) is 11.0. The van der Waals surface area contributed by atoms with E-state index in [1.807, 2.05) is 24.3 Å². The molecule has 0 N–H and O–H groups in total. The van der Waals surface area contributed by atoms with Gasteiger partial charge >= 0.3 is 5.76 Å². The summed E-state index contributed by atoms with van der Waals surface area (Å²) in [6.07, 6.45) is 1.64. The van der Waals surface area contributed by atoms with Gasteiger partial charge in [0.1, 0.15) is 5.75 Å². The molecule has 0 unspecified atom stereocenters. The standard InChI is InChI=1S/C14H12N2O3/c1-18-11-5-2-4-10(8-11)9-16-13-12(19-14(16)17)6-3-7-15-13/h2-8H,9H2,1H3. The molecule has 0 atom stereocenters. The highest BCUT2D eigenvalue weighted by atomic mass is 16.5. The number of aromatic nitrogens is 2. The summed E-state index contributed by atoms with van der Waals surface area (Å²) < 4.78 is 11.8. The Kier molecular flexibility index (Phi) is 2.79. The lowest BCUT2D eigenvalue weighted by atomic mass is 10.2. The predicted octanol–water partition coefficient (Wildman–Crippen LogP) is 2.05. The summed E-state index contributed by atoms with van der Waals surface area (Å²) in [7, 11) is 1.61. The first-order valence-electron chi connectivity index (χ1n) is 5.85. The Balaban J connectivity index is 2.05. The summed E-state index contributed by atoms with van der Waals surface area (Å²) in [5, 5.41) is 0. The molecule has 0 saturated carbocycles. The first-order valence-corrected chi connectivity index (χ1v) is 5.85. The van der Waals surface area contributed by atoms with E-state index in [1.165, 1.54) is 4.57 Å². The Hall–Kier alpha value is -2.56. The van der Waals surface area contributed by atoms with Crippen LogP contribution in [0.2, 0.25) is 0 Å². The van der Waals surface area contributed by atoms with Crippen LogP contribution in [0.15, 0.2) is 51.8 Å². The minimum atomic E-state index is -0.406. The Labute approximate surface area is 109 Å². The number of fused-ring (bicyclic) bond motifs is 1. The van der Waals surface area contributed by atoms with Crippen molar-refractivity contribution in [2.75, 3.05) is 7.11 Å². The number of ether oxygens (including phenoxy) is 1. The molecule has 1 aromatic carbocycles. The van der Waals surface area contributed by atoms with Crippen LogP contribution in [0.5, 0.6) is 5.75 Å². The summed E-state index contributed by atoms with van der Waals surface area (Å²) in [5.74, 6) is 0.350. The van der Waals surface area contributed by atoms with Crippen molar-refractivity contribution in [2.45, 2.75) is 6.54 Å². The third-order valence-electron chi connectivity index (χ3n) is 2.90. The van der Waals surface area contributed by atoms with Gasteiger partial charge in [-0.2, -0.15) is 0 Å². The average molecular weight is 256 g/mol. The van der Waals surface area contributed by atoms with E-state index in [-0.39, 0.29) is 0 Å². The quantitative estimate of drug-likeness (QED) is 0.719. The van der Waals surface area contributed by atoms with E-state index in [2.05, 4.69) is 4.98 Å². The molecule has 0 spiro atoms. The number of hydrogen-bond acceptors (Lipinski definition) is 4. The third kappa shape index (κ3) is 2.10. The second-order valence-electron chi connectivity index (χ2n) is 4.13. The number of nitrogens with zero attached hydrogens (tertiary/aromatic N) is 2. The monoisotopic (exact) mass is 256 g/mol. The van der Waals surface area contributed by atoms with Gasteiger partial charge in [0.25, 0.3) is 0 Å². The first-order chi connectivity index (χ1) is 9.28. The lowest BCUT2D eigenvalue weighted by Gasteiger charge is -2.04. The van der Waals surface area contributed by atoms with Crippen LogP contribution in [0.1, 0.15) is 5.56 Å². The summed E-state index contributed by atoms with van der Waals surface area (Å²) in [4.78, 5) is 16.0. The highest BCUT2D eigenvalue weighted by Gasteiger charge is 2.10. The van der Waals surface area contributed by atoms with E-state index >= 15 is 0 Å². The molecule has 0 bridgehead atoms. The van der Waals surface area contributed by atoms with Gasteiger partial charge in [-0.3, -0.25) is 4.57 Å². The zero-order valence-electron chi connectivity index (χ0n) is 10.4. The second-order valence-corrected chi connectivity index (χ2v) is 4.13. The van der Waals surface area contributed by atoms with Crippen LogP contribution >= 0.6 is 0 Å². The highest BCUT2D eigenvalue weighted by molar-refractivity contribution is 5.67. The predicted molar refractivity (Wildman–Crippen MR) is 70.4 cm³/mol. The van der Waals surface area contributed by atoms with Crippen LogP contribution in [0.25, 0.3) is 11.2 Å². The number of hydrogen-bond donors (Lipinski definition) is 0. The first kappa shape index (κ1) is 11.5. The molecule has 3 aromatic rings. The van der Waals surface area contributed by atoms with Gasteiger partial charge in [0.2, 0.25) is 0 Å². The number of oxazole rings is 1. The molecule has 5 nitrogen and oxygen atoms in total. The SMILES string of the molecule is COc1cccc(Cn2c(=O)oc3cccnc32)c1. The van der Waals surface area contributed by atoms with E-state index in [9.17, 15) is 4.79 Å². The highest BCUT2D eigenvalue weighted by Crippen LogP contribution is 2.15. The van der Waals surface area contributed by atoms with Crippen LogP contribution in [0.3, 0.4) is 0 Å². The largest absolute Gasteiger partial charge is 0.497 e. The summed E-state index contributed by atoms with van der Waals surface area (Å²) >= 11 is 0. The maximum Gasteiger partial charge on any atom is 0.421 e. The zero-order valence-corrected chi connectivity index (χ0v) is 10.4. The molecule has 2 heterocycles. The topological polar surface area (TPSA) is 57.3 Å². The van der Waals surface area contributed by atoms with Crippen LogP contribution in [0.4, 0.5) is 0 Å². The van der Waals surface area contributed by atoms with E-state index in [0.717, 1.165) is 11.3 Å². The number of pyridine rings is 1. The van der Waals surface area contributed by atoms with E-state index < -0.39 is 5.76 Å². The van der Waals surface area contributed by atoms with E-state index in [1.54, 1.807) is 25.4 Å². The molecular formula is C14H12N2O3. The molecule has 2 aromatic heterocycles. The fraction of sp³-hybridized carbons (Fsp3) is 0.143. The van der Waals surface area contributed by atoms with Gasteiger partial charge in [-0.1, -0.05) is 12.1 Å². The number of benzene rings is 1. The molecule has 0 aliphatic carbocycles. The molecule has 0 fully saturated rings. The van der Waals surface area contributed by atoms with Crippen molar-refractivity contribution in [1.82, 2.24) is 9.55 Å². The van der Waals surface area contributed by atoms with Gasteiger partial charge in [0.15, 0.2) is 11.2 Å². The third-order valence-corrected chi connectivity index (χ3v) is 2.90. The number of methoxy groups -OCH3 is 1. The van der Waals surface area contributed by atoms with Crippen molar-refractivity contribution in [3.63, 3.8) is 0 Å². The Morgan fingerprint density at radius 2 is 2.21 bits per heavy atom. The summed E-state index contributed by atoms with van der Waals surface area (Å²) in [6.45, 7) is 0.403. The molecule has 3 rings (SSSR count). The van der Waals surface area contributed by atoms with Crippen molar-refractivity contribution >= 4 is 11.2 Å². The van der Waals surface area contributed by atoms with Crippen molar-refractivity contribution in [3.05, 3.63) is 58.7 Å². The summed E-state index contributed by atoms with van der Waals surface area (Å²) in [5.41, 5.74) is 2.00. The van der Waals surface area contributed by atoms with Gasteiger partial charge in [-0.05, 0) is 29.8 Å². The molecule has 0 aliphatic heterocycles. The molecule has 96 valence electrons.